The van der Waals surface area contributed by atoms with Gasteiger partial charge in [0.05, 0.1) is 0 Å². The number of nitrogens with zero attached hydrogens (tertiary/aromatic N) is 1. The summed E-state index contributed by atoms with van der Waals surface area (Å²) in [7, 11) is 0. The number of aliphatic imine (C=N–C) groups is 1. The Hall–Kier alpha value is -3.65. The van der Waals surface area contributed by atoms with Crippen molar-refractivity contribution >= 4 is 18.4 Å². The fourth-order valence-electron chi connectivity index (χ4n) is 2.58. The van der Waals surface area contributed by atoms with Crippen LogP contribution in [-0.2, 0) is 6.61 Å². The van der Waals surface area contributed by atoms with Gasteiger partial charge in [-0.2, -0.15) is 0 Å². The van der Waals surface area contributed by atoms with E-state index >= 15 is 0 Å². The van der Waals surface area contributed by atoms with Gasteiger partial charge in [0.25, 0.3) is 0 Å². The number of benzene rings is 3. The second-order valence-corrected chi connectivity index (χ2v) is 6.81. The summed E-state index contributed by atoms with van der Waals surface area (Å²) in [4.78, 5) is 4.40. The SMILES string of the molecule is C=C.C=Cc1ccc(COc2ccc(C=NCCCC)cc2)cc1.C=Cc1ccccc1. The van der Waals surface area contributed by atoms with E-state index in [-0.39, 0.29) is 0 Å². The molecule has 3 rings (SSSR count). The standard InChI is InChI=1S/C20H23NO.C8H8.C2H4/c1-3-5-14-21-15-18-10-12-20(13-11-18)22-16-19-8-6-17(4-2)7-9-19;1-2-8-6-4-3-5-7-8;1-2/h4,6-13,15H,2-3,5,14,16H2,1H3;2-7H,1H2;1-2H2. The van der Waals surface area contributed by atoms with Gasteiger partial charge in [-0.15, -0.1) is 13.2 Å². The van der Waals surface area contributed by atoms with Gasteiger partial charge in [0, 0.05) is 12.8 Å². The molecule has 0 bridgehead atoms. The van der Waals surface area contributed by atoms with Crippen LogP contribution in [0.3, 0.4) is 0 Å². The van der Waals surface area contributed by atoms with Gasteiger partial charge in [0.1, 0.15) is 12.4 Å². The van der Waals surface area contributed by atoms with Gasteiger partial charge in [0.2, 0.25) is 0 Å². The van der Waals surface area contributed by atoms with Crippen molar-refractivity contribution in [1.82, 2.24) is 0 Å². The Bertz CT molecular complexity index is 909. The third-order valence-electron chi connectivity index (χ3n) is 4.42. The van der Waals surface area contributed by atoms with Crippen molar-refractivity contribution in [3.05, 3.63) is 127 Å². The number of hydrogen-bond donors (Lipinski definition) is 0. The Morgan fingerprint density at radius 3 is 1.84 bits per heavy atom. The van der Waals surface area contributed by atoms with Crippen LogP contribution in [0.15, 0.2) is 110 Å². The van der Waals surface area contributed by atoms with E-state index in [9.17, 15) is 0 Å². The Labute approximate surface area is 194 Å². The van der Waals surface area contributed by atoms with Gasteiger partial charge < -0.3 is 4.74 Å². The monoisotopic (exact) mass is 425 g/mol. The summed E-state index contributed by atoms with van der Waals surface area (Å²) in [5, 5.41) is 0. The second kappa shape index (κ2) is 17.1. The highest BCUT2D eigenvalue weighted by Crippen LogP contribution is 2.14. The lowest BCUT2D eigenvalue weighted by atomic mass is 10.1. The van der Waals surface area contributed by atoms with Crippen molar-refractivity contribution < 1.29 is 4.74 Å². The van der Waals surface area contributed by atoms with Gasteiger partial charge in [-0.25, -0.2) is 0 Å². The second-order valence-electron chi connectivity index (χ2n) is 6.81. The van der Waals surface area contributed by atoms with E-state index < -0.39 is 0 Å². The molecular weight excluding hydrogens is 390 g/mol. The van der Waals surface area contributed by atoms with E-state index in [4.69, 9.17) is 4.74 Å². The van der Waals surface area contributed by atoms with Crippen LogP contribution in [0.25, 0.3) is 12.2 Å². The minimum absolute atomic E-state index is 0.571. The largest absolute Gasteiger partial charge is 0.489 e. The maximum absolute atomic E-state index is 5.79. The molecule has 166 valence electrons. The molecule has 0 aromatic heterocycles. The number of hydrogen-bond acceptors (Lipinski definition) is 2. The smallest absolute Gasteiger partial charge is 0.119 e. The lowest BCUT2D eigenvalue weighted by Gasteiger charge is -2.07. The highest BCUT2D eigenvalue weighted by molar-refractivity contribution is 5.79. The fraction of sp³-hybridized carbons (Fsp3) is 0.167. The average molecular weight is 426 g/mol. The van der Waals surface area contributed by atoms with Gasteiger partial charge in [0.15, 0.2) is 0 Å². The zero-order valence-electron chi connectivity index (χ0n) is 19.2. The molecule has 0 atom stereocenters. The first-order valence-corrected chi connectivity index (χ1v) is 10.9. The molecule has 3 aromatic carbocycles. The molecule has 32 heavy (non-hydrogen) atoms. The predicted molar refractivity (Wildman–Crippen MR) is 142 cm³/mol. The van der Waals surface area contributed by atoms with Gasteiger partial charge in [-0.1, -0.05) is 93.3 Å². The van der Waals surface area contributed by atoms with Crippen LogP contribution in [0.4, 0.5) is 0 Å². The quantitative estimate of drug-likeness (QED) is 0.192. The fourth-order valence-corrected chi connectivity index (χ4v) is 2.58. The number of rotatable bonds is 9. The zero-order valence-corrected chi connectivity index (χ0v) is 19.2. The average Bonchev–Trinajstić information content (AvgIpc) is 2.88. The van der Waals surface area contributed by atoms with Crippen LogP contribution in [-0.4, -0.2) is 12.8 Å². The van der Waals surface area contributed by atoms with Crippen molar-refractivity contribution in [2.75, 3.05) is 6.54 Å². The lowest BCUT2D eigenvalue weighted by molar-refractivity contribution is 0.306. The third kappa shape index (κ3) is 10.9. The first kappa shape index (κ1) is 26.4. The molecule has 0 aliphatic carbocycles. The molecule has 0 saturated heterocycles. The first-order valence-electron chi connectivity index (χ1n) is 10.9. The summed E-state index contributed by atoms with van der Waals surface area (Å²) in [6, 6.07) is 26.3. The minimum atomic E-state index is 0.571. The molecule has 0 N–H and O–H groups in total. The maximum atomic E-state index is 5.79. The van der Waals surface area contributed by atoms with Crippen LogP contribution in [0.2, 0.25) is 0 Å². The molecule has 0 spiro atoms. The third-order valence-corrected chi connectivity index (χ3v) is 4.42. The molecule has 0 heterocycles. The summed E-state index contributed by atoms with van der Waals surface area (Å²) < 4.78 is 5.79. The van der Waals surface area contributed by atoms with Crippen LogP contribution in [0, 0.1) is 0 Å². The van der Waals surface area contributed by atoms with Crippen molar-refractivity contribution in [3.63, 3.8) is 0 Å². The highest BCUT2D eigenvalue weighted by atomic mass is 16.5. The molecule has 0 amide bonds. The van der Waals surface area contributed by atoms with Gasteiger partial charge in [-0.05, 0) is 52.9 Å². The summed E-state index contributed by atoms with van der Waals surface area (Å²) >= 11 is 0. The molecule has 3 aromatic rings. The summed E-state index contributed by atoms with van der Waals surface area (Å²) in [6.07, 6.45) is 7.92. The van der Waals surface area contributed by atoms with Crippen molar-refractivity contribution in [3.8, 4) is 5.75 Å². The van der Waals surface area contributed by atoms with Crippen LogP contribution in [0.5, 0.6) is 5.75 Å². The van der Waals surface area contributed by atoms with Crippen LogP contribution < -0.4 is 4.74 Å². The summed E-state index contributed by atoms with van der Waals surface area (Å²) in [5.74, 6) is 0.874. The van der Waals surface area contributed by atoms with Gasteiger partial charge in [-0.3, -0.25) is 4.99 Å². The van der Waals surface area contributed by atoms with E-state index in [1.165, 1.54) is 12.0 Å². The molecule has 0 aliphatic rings. The summed E-state index contributed by atoms with van der Waals surface area (Å²) in [5.41, 5.74) is 4.55. The van der Waals surface area contributed by atoms with E-state index in [1.54, 1.807) is 0 Å². The van der Waals surface area contributed by atoms with Crippen molar-refractivity contribution in [2.45, 2.75) is 26.4 Å². The van der Waals surface area contributed by atoms with E-state index in [1.807, 2.05) is 85.1 Å². The molecule has 0 fully saturated rings. The molecule has 0 aliphatic heterocycles. The molecule has 0 saturated carbocycles. The van der Waals surface area contributed by atoms with Crippen molar-refractivity contribution in [1.29, 1.82) is 0 Å². The van der Waals surface area contributed by atoms with E-state index in [0.717, 1.165) is 35.4 Å². The molecule has 0 unspecified atom stereocenters. The Kier molecular flexibility index (Phi) is 14.1. The Balaban J connectivity index is 0.000000427. The van der Waals surface area contributed by atoms with Crippen molar-refractivity contribution in [2.24, 2.45) is 4.99 Å². The van der Waals surface area contributed by atoms with E-state index in [2.05, 4.69) is 50.4 Å². The van der Waals surface area contributed by atoms with Crippen LogP contribution in [0.1, 0.15) is 42.0 Å². The Morgan fingerprint density at radius 2 is 1.31 bits per heavy atom. The van der Waals surface area contributed by atoms with Gasteiger partial charge >= 0.3 is 0 Å². The topological polar surface area (TPSA) is 21.6 Å². The molecule has 2 heteroatoms. The summed E-state index contributed by atoms with van der Waals surface area (Å²) in [6.45, 7) is 17.0. The van der Waals surface area contributed by atoms with E-state index in [0.29, 0.717) is 6.61 Å². The minimum Gasteiger partial charge on any atom is -0.489 e. The molecule has 2 nitrogen and oxygen atoms in total. The lowest BCUT2D eigenvalue weighted by Crippen LogP contribution is -1.95. The molecular formula is C30H35NO. The number of unbranched alkanes of at least 4 members (excludes halogenated alkanes) is 1. The normalized spacial score (nSPS) is 9.66. The Morgan fingerprint density at radius 1 is 0.750 bits per heavy atom. The van der Waals surface area contributed by atoms with Crippen LogP contribution >= 0.6 is 0 Å². The molecule has 0 radical (unpaired) electrons. The zero-order chi connectivity index (χ0) is 23.4. The predicted octanol–water partition coefficient (Wildman–Crippen LogP) is 8.26. The number of ether oxygens (including phenoxy) is 1. The highest BCUT2D eigenvalue weighted by Gasteiger charge is 1.97. The first-order chi connectivity index (χ1) is 15.7. The maximum Gasteiger partial charge on any atom is 0.119 e.